The van der Waals surface area contributed by atoms with Crippen LogP contribution in [-0.2, 0) is 14.6 Å². The molecule has 31 heavy (non-hydrogen) atoms. The van der Waals surface area contributed by atoms with Crippen molar-refractivity contribution in [2.24, 2.45) is 0 Å². The first kappa shape index (κ1) is 22.6. The molecule has 1 aliphatic carbocycles. The third kappa shape index (κ3) is 4.76. The fourth-order valence-electron chi connectivity index (χ4n) is 5.28. The molecular formula is C23H34N2O5S. The fourth-order valence-corrected chi connectivity index (χ4v) is 6.25. The second-order valence-electron chi connectivity index (χ2n) is 9.16. The van der Waals surface area contributed by atoms with E-state index < -0.39 is 15.6 Å². The molecule has 7 nitrogen and oxygen atoms in total. The van der Waals surface area contributed by atoms with Gasteiger partial charge in [-0.3, -0.25) is 4.57 Å². The Morgan fingerprint density at radius 1 is 1.06 bits per heavy atom. The number of sulfone groups is 1. The Bertz CT molecular complexity index is 1070. The molecule has 0 radical (unpaired) electrons. The molecule has 1 aliphatic heterocycles. The summed E-state index contributed by atoms with van der Waals surface area (Å²) in [6.07, 6.45) is 9.01. The van der Waals surface area contributed by atoms with E-state index in [0.717, 1.165) is 51.8 Å². The van der Waals surface area contributed by atoms with Crippen LogP contribution in [0.4, 0.5) is 0 Å². The molecule has 172 valence electrons. The van der Waals surface area contributed by atoms with Crippen LogP contribution in [0.2, 0.25) is 0 Å². The van der Waals surface area contributed by atoms with Gasteiger partial charge in [-0.25, -0.2) is 13.2 Å². The minimum atomic E-state index is -3.37. The molecule has 0 amide bonds. The van der Waals surface area contributed by atoms with Gasteiger partial charge in [0, 0.05) is 38.0 Å². The third-order valence-corrected chi connectivity index (χ3v) is 8.13. The zero-order chi connectivity index (χ0) is 22.2. The van der Waals surface area contributed by atoms with E-state index in [1.54, 1.807) is 23.6 Å². The average molecular weight is 451 g/mol. The maximum Gasteiger partial charge on any atom is 0.420 e. The maximum absolute atomic E-state index is 12.6. The molecule has 0 unspecified atom stereocenters. The van der Waals surface area contributed by atoms with E-state index >= 15 is 0 Å². The Kier molecular flexibility index (Phi) is 6.60. The quantitative estimate of drug-likeness (QED) is 0.668. The standard InChI is InChI=1S/C23H34N2O5S/c1-4-13-29-19-7-5-17(6-8-19)24-11-9-18(10-12-24)25-20-15-22(31(3,27)28)16(2)14-21(20)30-23(25)26/h14-15,17-19H,4-13H2,1-3H3. The number of ether oxygens (including phenoxy) is 1. The lowest BCUT2D eigenvalue weighted by molar-refractivity contribution is 0.00246. The summed E-state index contributed by atoms with van der Waals surface area (Å²) in [7, 11) is -3.37. The first-order chi connectivity index (χ1) is 14.8. The molecule has 0 spiro atoms. The largest absolute Gasteiger partial charge is 0.420 e. The lowest BCUT2D eigenvalue weighted by atomic mass is 9.90. The third-order valence-electron chi connectivity index (χ3n) is 6.89. The fraction of sp³-hybridized carbons (Fsp3) is 0.696. The first-order valence-electron chi connectivity index (χ1n) is 11.5. The normalized spacial score (nSPS) is 24.1. The van der Waals surface area contributed by atoms with E-state index in [1.165, 1.54) is 19.1 Å². The highest BCUT2D eigenvalue weighted by Crippen LogP contribution is 2.32. The van der Waals surface area contributed by atoms with E-state index in [-0.39, 0.29) is 10.9 Å². The molecular weight excluding hydrogens is 416 g/mol. The van der Waals surface area contributed by atoms with Gasteiger partial charge in [0.1, 0.15) is 0 Å². The topological polar surface area (TPSA) is 81.8 Å². The number of aromatic nitrogens is 1. The van der Waals surface area contributed by atoms with Crippen LogP contribution in [0.3, 0.4) is 0 Å². The van der Waals surface area contributed by atoms with Gasteiger partial charge in [0.25, 0.3) is 0 Å². The monoisotopic (exact) mass is 450 g/mol. The second-order valence-corrected chi connectivity index (χ2v) is 11.1. The molecule has 0 bridgehead atoms. The molecule has 1 aromatic carbocycles. The number of piperidine rings is 1. The van der Waals surface area contributed by atoms with E-state index in [4.69, 9.17) is 9.15 Å². The highest BCUT2D eigenvalue weighted by atomic mass is 32.2. The minimum Gasteiger partial charge on any atom is -0.408 e. The summed E-state index contributed by atoms with van der Waals surface area (Å²) in [4.78, 5) is 15.5. The molecule has 2 heterocycles. The van der Waals surface area contributed by atoms with Gasteiger partial charge >= 0.3 is 5.76 Å². The Balaban J connectivity index is 1.46. The van der Waals surface area contributed by atoms with Crippen molar-refractivity contribution in [1.29, 1.82) is 0 Å². The average Bonchev–Trinajstić information content (AvgIpc) is 3.06. The van der Waals surface area contributed by atoms with Crippen molar-refractivity contribution in [2.75, 3.05) is 26.0 Å². The van der Waals surface area contributed by atoms with Crippen LogP contribution in [0.5, 0.6) is 0 Å². The van der Waals surface area contributed by atoms with Crippen LogP contribution in [0.1, 0.15) is 63.5 Å². The summed E-state index contributed by atoms with van der Waals surface area (Å²) in [6, 6.07) is 3.90. The summed E-state index contributed by atoms with van der Waals surface area (Å²) in [5, 5.41) is 0. The summed E-state index contributed by atoms with van der Waals surface area (Å²) < 4.78 is 37.4. The minimum absolute atomic E-state index is 0.0318. The van der Waals surface area contributed by atoms with Crippen molar-refractivity contribution >= 4 is 20.9 Å². The summed E-state index contributed by atoms with van der Waals surface area (Å²) >= 11 is 0. The second kappa shape index (κ2) is 9.08. The molecule has 2 aliphatic rings. The van der Waals surface area contributed by atoms with E-state index in [1.807, 2.05) is 0 Å². The van der Waals surface area contributed by atoms with Gasteiger partial charge < -0.3 is 14.1 Å². The molecule has 1 saturated heterocycles. The molecule has 0 atom stereocenters. The predicted molar refractivity (Wildman–Crippen MR) is 120 cm³/mol. The number of nitrogens with zero attached hydrogens (tertiary/aromatic N) is 2. The summed E-state index contributed by atoms with van der Waals surface area (Å²) in [6.45, 7) is 6.62. The highest BCUT2D eigenvalue weighted by Gasteiger charge is 2.31. The van der Waals surface area contributed by atoms with Gasteiger partial charge in [0.05, 0.1) is 16.5 Å². The Labute approximate surface area is 184 Å². The molecule has 1 aromatic heterocycles. The Hall–Kier alpha value is -1.64. The number of oxazole rings is 1. The Morgan fingerprint density at radius 3 is 2.35 bits per heavy atom. The summed E-state index contributed by atoms with van der Waals surface area (Å²) in [5.74, 6) is -0.396. The van der Waals surface area contributed by atoms with E-state index in [9.17, 15) is 13.2 Å². The summed E-state index contributed by atoms with van der Waals surface area (Å²) in [5.41, 5.74) is 1.65. The highest BCUT2D eigenvalue weighted by molar-refractivity contribution is 7.90. The van der Waals surface area contributed by atoms with Crippen molar-refractivity contribution in [3.8, 4) is 0 Å². The van der Waals surface area contributed by atoms with Crippen LogP contribution in [-0.4, -0.2) is 56.0 Å². The number of likely N-dealkylation sites (tertiary alicyclic amines) is 1. The Morgan fingerprint density at radius 2 is 1.74 bits per heavy atom. The van der Waals surface area contributed by atoms with Crippen LogP contribution < -0.4 is 5.76 Å². The van der Waals surface area contributed by atoms with Gasteiger partial charge in [-0.1, -0.05) is 6.92 Å². The van der Waals surface area contributed by atoms with Crippen molar-refractivity contribution in [3.05, 3.63) is 28.2 Å². The van der Waals surface area contributed by atoms with Crippen LogP contribution >= 0.6 is 0 Å². The van der Waals surface area contributed by atoms with Crippen molar-refractivity contribution < 1.29 is 17.6 Å². The molecule has 8 heteroatoms. The zero-order valence-corrected chi connectivity index (χ0v) is 19.6. The van der Waals surface area contributed by atoms with Gasteiger partial charge in [0.15, 0.2) is 15.4 Å². The number of rotatable bonds is 6. The van der Waals surface area contributed by atoms with E-state index in [2.05, 4.69) is 11.8 Å². The zero-order valence-electron chi connectivity index (χ0n) is 18.8. The number of hydrogen-bond acceptors (Lipinski definition) is 6. The van der Waals surface area contributed by atoms with Crippen molar-refractivity contribution in [2.45, 2.75) is 81.9 Å². The smallest absolute Gasteiger partial charge is 0.408 e. The molecule has 0 N–H and O–H groups in total. The number of fused-ring (bicyclic) bond motifs is 1. The molecule has 2 fully saturated rings. The van der Waals surface area contributed by atoms with Gasteiger partial charge in [-0.05, 0) is 69.6 Å². The van der Waals surface area contributed by atoms with E-state index in [0.29, 0.717) is 28.8 Å². The van der Waals surface area contributed by atoms with Crippen LogP contribution in [0, 0.1) is 6.92 Å². The van der Waals surface area contributed by atoms with Gasteiger partial charge in [-0.15, -0.1) is 0 Å². The van der Waals surface area contributed by atoms with Crippen molar-refractivity contribution in [3.63, 3.8) is 0 Å². The van der Waals surface area contributed by atoms with Gasteiger partial charge in [-0.2, -0.15) is 0 Å². The molecule has 2 aromatic rings. The number of benzene rings is 1. The first-order valence-corrected chi connectivity index (χ1v) is 13.4. The van der Waals surface area contributed by atoms with Crippen LogP contribution in [0.15, 0.2) is 26.2 Å². The molecule has 4 rings (SSSR count). The van der Waals surface area contributed by atoms with Crippen LogP contribution in [0.25, 0.3) is 11.1 Å². The van der Waals surface area contributed by atoms with Crippen molar-refractivity contribution in [1.82, 2.24) is 9.47 Å². The number of aryl methyl sites for hydroxylation is 1. The lowest BCUT2D eigenvalue weighted by Crippen LogP contribution is -2.45. The predicted octanol–water partition coefficient (Wildman–Crippen LogP) is 3.68. The molecule has 1 saturated carbocycles. The van der Waals surface area contributed by atoms with Gasteiger partial charge in [0.2, 0.25) is 0 Å². The maximum atomic E-state index is 12.6. The number of hydrogen-bond donors (Lipinski definition) is 0. The lowest BCUT2D eigenvalue weighted by Gasteiger charge is -2.40. The SMILES string of the molecule is CCCOC1CCC(N2CCC(n3c(=O)oc4cc(C)c(S(C)(=O)=O)cc43)CC2)CC1.